The van der Waals surface area contributed by atoms with Crippen molar-refractivity contribution < 1.29 is 14.3 Å². The van der Waals surface area contributed by atoms with Gasteiger partial charge in [0.2, 0.25) is 0 Å². The molecule has 0 aromatic carbocycles. The Labute approximate surface area is 58.0 Å². The van der Waals surface area contributed by atoms with Crippen molar-refractivity contribution in [2.45, 2.75) is 18.4 Å². The fraction of sp³-hybridized carbons (Fsp3) is 0.833. The number of carboxylic acids is 1. The molecule has 3 nitrogen and oxygen atoms in total. The standard InChI is InChI=1S/C6H10FNO2/c7-3-4-1-2-6(4,8)5(9)10/h4H,1-3,8H2,(H,9,10)/t4?,6-/m0/s1/i7-1. The summed E-state index contributed by atoms with van der Waals surface area (Å²) in [7, 11) is 0. The Balaban J connectivity index is 2.61. The average Bonchev–Trinajstić information content (AvgIpc) is 1.85. The maximum absolute atomic E-state index is 12.0. The van der Waals surface area contributed by atoms with Crippen LogP contribution in [-0.2, 0) is 4.79 Å². The third-order valence-corrected chi connectivity index (χ3v) is 2.22. The Hall–Kier alpha value is -0.640. The number of carboxylic acid groups (broad SMARTS) is 1. The molecule has 10 heavy (non-hydrogen) atoms. The molecule has 0 heterocycles. The first-order chi connectivity index (χ1) is 4.61. The van der Waals surface area contributed by atoms with E-state index in [4.69, 9.17) is 10.8 Å². The lowest BCUT2D eigenvalue weighted by molar-refractivity contribution is -0.151. The number of nitrogens with two attached hydrogens (primary N) is 1. The van der Waals surface area contributed by atoms with Crippen molar-refractivity contribution in [3.05, 3.63) is 0 Å². The van der Waals surface area contributed by atoms with Gasteiger partial charge in [-0.05, 0) is 12.8 Å². The van der Waals surface area contributed by atoms with E-state index < -0.39 is 24.1 Å². The number of hydrogen-bond acceptors (Lipinski definition) is 2. The van der Waals surface area contributed by atoms with Crippen LogP contribution >= 0.6 is 0 Å². The number of carbonyl (C=O) groups is 1. The van der Waals surface area contributed by atoms with Gasteiger partial charge in [0.25, 0.3) is 0 Å². The maximum atomic E-state index is 12.0. The van der Waals surface area contributed by atoms with Gasteiger partial charge in [0.05, 0.1) is 6.67 Å². The molecule has 0 bridgehead atoms. The normalized spacial score (nSPS) is 38.8. The molecule has 1 aliphatic rings. The highest BCUT2D eigenvalue weighted by Gasteiger charge is 2.49. The monoisotopic (exact) mass is 146 g/mol. The summed E-state index contributed by atoms with van der Waals surface area (Å²) in [5.74, 6) is -1.55. The summed E-state index contributed by atoms with van der Waals surface area (Å²) in [6, 6.07) is 0. The average molecular weight is 146 g/mol. The highest BCUT2D eigenvalue weighted by molar-refractivity contribution is 5.80. The fourth-order valence-electron chi connectivity index (χ4n) is 1.16. The van der Waals surface area contributed by atoms with Gasteiger partial charge in [-0.25, -0.2) is 0 Å². The number of halogens is 1. The van der Waals surface area contributed by atoms with Crippen LogP contribution in [0.5, 0.6) is 0 Å². The van der Waals surface area contributed by atoms with Crippen LogP contribution in [0.3, 0.4) is 0 Å². The quantitative estimate of drug-likeness (QED) is 0.582. The van der Waals surface area contributed by atoms with E-state index in [-0.39, 0.29) is 0 Å². The minimum Gasteiger partial charge on any atom is -0.480 e. The third kappa shape index (κ3) is 0.794. The van der Waals surface area contributed by atoms with Crippen molar-refractivity contribution in [2.75, 3.05) is 6.67 Å². The smallest absolute Gasteiger partial charge is 0.324 e. The molecule has 3 N–H and O–H groups in total. The van der Waals surface area contributed by atoms with Gasteiger partial charge in [0.1, 0.15) is 5.54 Å². The van der Waals surface area contributed by atoms with Crippen LogP contribution in [0.15, 0.2) is 0 Å². The summed E-state index contributed by atoms with van der Waals surface area (Å²) >= 11 is 0. The van der Waals surface area contributed by atoms with E-state index in [0.29, 0.717) is 12.8 Å². The van der Waals surface area contributed by atoms with Crippen LogP contribution in [-0.4, -0.2) is 23.3 Å². The minimum atomic E-state index is -1.27. The van der Waals surface area contributed by atoms with Gasteiger partial charge in [0, 0.05) is 5.92 Å². The molecular formula is C6H10FNO2. The van der Waals surface area contributed by atoms with Crippen LogP contribution in [0, 0.1) is 5.92 Å². The molecule has 0 saturated heterocycles. The van der Waals surface area contributed by atoms with Gasteiger partial charge in [-0.2, -0.15) is 0 Å². The molecule has 1 saturated carbocycles. The van der Waals surface area contributed by atoms with E-state index in [9.17, 15) is 9.18 Å². The van der Waals surface area contributed by atoms with E-state index in [1.165, 1.54) is 0 Å². The van der Waals surface area contributed by atoms with Crippen molar-refractivity contribution in [3.8, 4) is 0 Å². The summed E-state index contributed by atoms with van der Waals surface area (Å²) in [5.41, 5.74) is 4.09. The third-order valence-electron chi connectivity index (χ3n) is 2.22. The second-order valence-electron chi connectivity index (χ2n) is 2.74. The van der Waals surface area contributed by atoms with Gasteiger partial charge in [-0.3, -0.25) is 9.18 Å². The molecule has 0 radical (unpaired) electrons. The van der Waals surface area contributed by atoms with Gasteiger partial charge >= 0.3 is 5.97 Å². The molecule has 1 unspecified atom stereocenters. The lowest BCUT2D eigenvalue weighted by atomic mass is 9.68. The Morgan fingerprint density at radius 3 is 2.60 bits per heavy atom. The summed E-state index contributed by atoms with van der Waals surface area (Å²) in [6.45, 7) is -0.622. The van der Waals surface area contributed by atoms with Gasteiger partial charge in [0.15, 0.2) is 0 Å². The Bertz CT molecular complexity index is 160. The summed E-state index contributed by atoms with van der Waals surface area (Å²) < 4.78 is 12.0. The molecule has 1 rings (SSSR count). The van der Waals surface area contributed by atoms with Gasteiger partial charge in [-0.15, -0.1) is 0 Å². The predicted octanol–water partition coefficient (Wildman–Crippen LogP) is 0.148. The second kappa shape index (κ2) is 2.20. The fourth-order valence-corrected chi connectivity index (χ4v) is 1.16. The molecule has 0 aromatic heterocycles. The van der Waals surface area contributed by atoms with Crippen molar-refractivity contribution in [1.82, 2.24) is 0 Å². The molecule has 1 aliphatic carbocycles. The molecule has 0 aromatic rings. The zero-order valence-corrected chi connectivity index (χ0v) is 5.51. The molecule has 0 spiro atoms. The Kier molecular flexibility index (Phi) is 1.64. The SMILES string of the molecule is N[C@@]1(C(=O)O)CCC1C[18F]. The minimum absolute atomic E-state index is 0.400. The van der Waals surface area contributed by atoms with Crippen molar-refractivity contribution >= 4 is 5.97 Å². The second-order valence-corrected chi connectivity index (χ2v) is 2.74. The zero-order chi connectivity index (χ0) is 7.78. The van der Waals surface area contributed by atoms with Crippen molar-refractivity contribution in [1.29, 1.82) is 0 Å². The largest absolute Gasteiger partial charge is 0.480 e. The molecule has 4 heteroatoms. The molecule has 58 valence electrons. The lowest BCUT2D eigenvalue weighted by Gasteiger charge is -2.41. The van der Waals surface area contributed by atoms with Crippen molar-refractivity contribution in [2.24, 2.45) is 11.7 Å². The molecule has 0 aliphatic heterocycles. The van der Waals surface area contributed by atoms with E-state index in [2.05, 4.69) is 0 Å². The zero-order valence-electron chi connectivity index (χ0n) is 5.51. The molecular weight excluding hydrogens is 136 g/mol. The van der Waals surface area contributed by atoms with Crippen LogP contribution in [0.2, 0.25) is 0 Å². The van der Waals surface area contributed by atoms with E-state index in [1.807, 2.05) is 0 Å². The first kappa shape index (κ1) is 7.47. The number of hydrogen-bond donors (Lipinski definition) is 2. The highest BCUT2D eigenvalue weighted by atomic mass is 18.2. The lowest BCUT2D eigenvalue weighted by Crippen LogP contribution is -2.61. The van der Waals surface area contributed by atoms with Gasteiger partial charge in [-0.1, -0.05) is 0 Å². The first-order valence-corrected chi connectivity index (χ1v) is 3.19. The molecule has 1 fully saturated rings. The number of alkyl halides is 1. The summed E-state index contributed by atoms with van der Waals surface area (Å²) in [5, 5.41) is 8.50. The predicted molar refractivity (Wildman–Crippen MR) is 33.3 cm³/mol. The van der Waals surface area contributed by atoms with Crippen molar-refractivity contribution in [3.63, 3.8) is 0 Å². The maximum Gasteiger partial charge on any atom is 0.324 e. The van der Waals surface area contributed by atoms with Crippen LogP contribution in [0.4, 0.5) is 4.39 Å². The number of rotatable bonds is 2. The highest BCUT2D eigenvalue weighted by Crippen LogP contribution is 2.36. The van der Waals surface area contributed by atoms with E-state index in [1.54, 1.807) is 0 Å². The topological polar surface area (TPSA) is 63.3 Å². The van der Waals surface area contributed by atoms with E-state index in [0.717, 1.165) is 0 Å². The summed E-state index contributed by atoms with van der Waals surface area (Å²) in [4.78, 5) is 10.4. The molecule has 2 atom stereocenters. The van der Waals surface area contributed by atoms with Crippen LogP contribution in [0.1, 0.15) is 12.8 Å². The summed E-state index contributed by atoms with van der Waals surface area (Å²) in [6.07, 6.45) is 0.996. The molecule has 0 amide bonds. The van der Waals surface area contributed by atoms with Crippen LogP contribution in [0.25, 0.3) is 0 Å². The first-order valence-electron chi connectivity index (χ1n) is 3.19. The van der Waals surface area contributed by atoms with Gasteiger partial charge < -0.3 is 10.8 Å². The Morgan fingerprint density at radius 1 is 1.90 bits per heavy atom. The van der Waals surface area contributed by atoms with Crippen LogP contribution < -0.4 is 5.73 Å². The van der Waals surface area contributed by atoms with E-state index >= 15 is 0 Å². The number of aliphatic carboxylic acids is 1. The Morgan fingerprint density at radius 2 is 2.50 bits per heavy atom.